The Labute approximate surface area is 149 Å². The van der Waals surface area contributed by atoms with Crippen LogP contribution in [0.3, 0.4) is 0 Å². The van der Waals surface area contributed by atoms with Gasteiger partial charge in [-0.05, 0) is 29.3 Å². The Kier molecular flexibility index (Phi) is 5.19. The molecule has 7 nitrogen and oxygen atoms in total. The number of aromatic nitrogens is 2. The molecule has 3 rings (SSSR count). The van der Waals surface area contributed by atoms with Gasteiger partial charge in [0, 0.05) is 24.3 Å². The molecule has 0 saturated heterocycles. The molecule has 0 bridgehead atoms. The molecule has 26 heavy (non-hydrogen) atoms. The molecule has 1 amide bonds. The minimum Gasteiger partial charge on any atom is -0.307 e. The van der Waals surface area contributed by atoms with Gasteiger partial charge < -0.3 is 5.32 Å². The minimum absolute atomic E-state index is 0.0106. The molecule has 0 saturated carbocycles. The highest BCUT2D eigenvalue weighted by Crippen LogP contribution is 2.13. The number of hydrogen-bond acceptors (Lipinski definition) is 4. The summed E-state index contributed by atoms with van der Waals surface area (Å²) in [6.45, 7) is 0.551. The van der Waals surface area contributed by atoms with E-state index in [0.717, 1.165) is 5.56 Å². The lowest BCUT2D eigenvalue weighted by molar-refractivity contribution is -0.384. The van der Waals surface area contributed by atoms with Gasteiger partial charge >= 0.3 is 0 Å². The molecular formula is C19H16N4O3. The summed E-state index contributed by atoms with van der Waals surface area (Å²) in [6.07, 6.45) is 4.59. The molecule has 0 aliphatic carbocycles. The summed E-state index contributed by atoms with van der Waals surface area (Å²) in [5.74, 6) is 0.283. The van der Waals surface area contributed by atoms with Crippen LogP contribution in [0.25, 0.3) is 6.08 Å². The first-order valence-corrected chi connectivity index (χ1v) is 7.91. The van der Waals surface area contributed by atoms with Crippen molar-refractivity contribution in [2.45, 2.75) is 6.54 Å². The summed E-state index contributed by atoms with van der Waals surface area (Å²) >= 11 is 0. The Morgan fingerprint density at radius 2 is 1.85 bits per heavy atom. The van der Waals surface area contributed by atoms with Crippen LogP contribution < -0.4 is 5.32 Å². The van der Waals surface area contributed by atoms with Gasteiger partial charge in [-0.25, -0.2) is 4.68 Å². The zero-order valence-electron chi connectivity index (χ0n) is 13.8. The summed E-state index contributed by atoms with van der Waals surface area (Å²) < 4.78 is 1.70. The molecule has 0 aliphatic heterocycles. The lowest BCUT2D eigenvalue weighted by Gasteiger charge is -2.07. The van der Waals surface area contributed by atoms with Gasteiger partial charge in [0.25, 0.3) is 5.69 Å². The van der Waals surface area contributed by atoms with Crippen LogP contribution in [0, 0.1) is 10.1 Å². The topological polar surface area (TPSA) is 90.1 Å². The summed E-state index contributed by atoms with van der Waals surface area (Å²) in [6, 6.07) is 17.5. The maximum atomic E-state index is 12.1. The SMILES string of the molecule is O=C(C=Cc1ccc([N+](=O)[O-])cc1)Nc1ccnn1Cc1ccccc1. The van der Waals surface area contributed by atoms with Crippen molar-refractivity contribution in [1.82, 2.24) is 9.78 Å². The maximum Gasteiger partial charge on any atom is 0.269 e. The van der Waals surface area contributed by atoms with Crippen LogP contribution in [-0.4, -0.2) is 20.6 Å². The van der Waals surface area contributed by atoms with E-state index in [9.17, 15) is 14.9 Å². The first-order valence-electron chi connectivity index (χ1n) is 7.91. The fourth-order valence-corrected chi connectivity index (χ4v) is 2.37. The normalized spacial score (nSPS) is 10.8. The van der Waals surface area contributed by atoms with Gasteiger partial charge in [-0.2, -0.15) is 5.10 Å². The fourth-order valence-electron chi connectivity index (χ4n) is 2.37. The smallest absolute Gasteiger partial charge is 0.269 e. The van der Waals surface area contributed by atoms with Crippen LogP contribution in [-0.2, 0) is 11.3 Å². The van der Waals surface area contributed by atoms with Gasteiger partial charge in [0.15, 0.2) is 0 Å². The van der Waals surface area contributed by atoms with Gasteiger partial charge in [0.2, 0.25) is 5.91 Å². The summed E-state index contributed by atoms with van der Waals surface area (Å²) in [7, 11) is 0. The van der Waals surface area contributed by atoms with Crippen LogP contribution in [0.2, 0.25) is 0 Å². The van der Waals surface area contributed by atoms with Crippen LogP contribution in [0.15, 0.2) is 72.9 Å². The quantitative estimate of drug-likeness (QED) is 0.419. The Bertz CT molecular complexity index is 931. The molecule has 3 aromatic rings. The average Bonchev–Trinajstić information content (AvgIpc) is 3.08. The molecule has 0 aliphatic rings. The number of rotatable bonds is 6. The molecule has 0 fully saturated rings. The number of nitrogens with one attached hydrogen (secondary N) is 1. The van der Waals surface area contributed by atoms with Gasteiger partial charge in [-0.15, -0.1) is 0 Å². The molecule has 130 valence electrons. The van der Waals surface area contributed by atoms with Gasteiger partial charge in [0.05, 0.1) is 17.7 Å². The second-order valence-electron chi connectivity index (χ2n) is 5.53. The molecular weight excluding hydrogens is 332 g/mol. The van der Waals surface area contributed by atoms with Crippen molar-refractivity contribution in [2.24, 2.45) is 0 Å². The van der Waals surface area contributed by atoms with Crippen molar-refractivity contribution < 1.29 is 9.72 Å². The van der Waals surface area contributed by atoms with Crippen molar-refractivity contribution >= 4 is 23.5 Å². The van der Waals surface area contributed by atoms with Crippen LogP contribution >= 0.6 is 0 Å². The molecule has 7 heteroatoms. The largest absolute Gasteiger partial charge is 0.307 e. The van der Waals surface area contributed by atoms with E-state index in [1.165, 1.54) is 18.2 Å². The highest BCUT2D eigenvalue weighted by molar-refractivity contribution is 6.01. The second-order valence-corrected chi connectivity index (χ2v) is 5.53. The number of non-ortho nitro benzene ring substituents is 1. The van der Waals surface area contributed by atoms with E-state index in [2.05, 4.69) is 10.4 Å². The number of carbonyl (C=O) groups is 1. The highest BCUT2D eigenvalue weighted by Gasteiger charge is 2.06. The van der Waals surface area contributed by atoms with E-state index in [1.807, 2.05) is 30.3 Å². The monoisotopic (exact) mass is 348 g/mol. The standard InChI is InChI=1S/C19H16N4O3/c24-19(11-8-15-6-9-17(10-7-15)23(25)26)21-18-12-13-20-22(18)14-16-4-2-1-3-5-16/h1-13H,14H2,(H,21,24). The maximum absolute atomic E-state index is 12.1. The number of nitro benzene ring substituents is 1. The summed E-state index contributed by atoms with van der Waals surface area (Å²) in [5.41, 5.74) is 1.79. The molecule has 0 spiro atoms. The van der Waals surface area contributed by atoms with E-state index in [-0.39, 0.29) is 11.6 Å². The average molecular weight is 348 g/mol. The van der Waals surface area contributed by atoms with Crippen LogP contribution in [0.4, 0.5) is 11.5 Å². The van der Waals surface area contributed by atoms with Crippen molar-refractivity contribution in [3.8, 4) is 0 Å². The van der Waals surface area contributed by atoms with Crippen molar-refractivity contribution in [3.63, 3.8) is 0 Å². The molecule has 1 aromatic heterocycles. The number of carbonyl (C=O) groups excluding carboxylic acids is 1. The third-order valence-electron chi connectivity index (χ3n) is 3.67. The van der Waals surface area contributed by atoms with Gasteiger partial charge in [-0.1, -0.05) is 30.3 Å². The van der Waals surface area contributed by atoms with E-state index in [0.29, 0.717) is 17.9 Å². The zero-order chi connectivity index (χ0) is 18.4. The zero-order valence-corrected chi connectivity index (χ0v) is 13.8. The number of amides is 1. The third kappa shape index (κ3) is 4.41. The summed E-state index contributed by atoms with van der Waals surface area (Å²) in [5, 5.41) is 17.6. The molecule has 0 atom stereocenters. The van der Waals surface area contributed by atoms with E-state index >= 15 is 0 Å². The first kappa shape index (κ1) is 17.1. The summed E-state index contributed by atoms with van der Waals surface area (Å²) in [4.78, 5) is 22.3. The number of nitro groups is 1. The van der Waals surface area contributed by atoms with Crippen LogP contribution in [0.5, 0.6) is 0 Å². The molecule has 0 unspecified atom stereocenters. The molecule has 2 aromatic carbocycles. The second kappa shape index (κ2) is 7.89. The van der Waals surface area contributed by atoms with E-state index in [1.54, 1.807) is 35.2 Å². The van der Waals surface area contributed by atoms with Crippen molar-refractivity contribution in [3.05, 3.63) is 94.2 Å². The van der Waals surface area contributed by atoms with Gasteiger partial charge in [0.1, 0.15) is 5.82 Å². The minimum atomic E-state index is -0.464. The first-order chi connectivity index (χ1) is 12.6. The molecule has 0 radical (unpaired) electrons. The molecule has 1 heterocycles. The van der Waals surface area contributed by atoms with E-state index < -0.39 is 4.92 Å². The predicted octanol–water partition coefficient (Wildman–Crippen LogP) is 3.49. The Balaban J connectivity index is 1.63. The third-order valence-corrected chi connectivity index (χ3v) is 3.67. The highest BCUT2D eigenvalue weighted by atomic mass is 16.6. The van der Waals surface area contributed by atoms with Gasteiger partial charge in [-0.3, -0.25) is 14.9 Å². The Hall–Kier alpha value is -3.74. The number of nitrogens with zero attached hydrogens (tertiary/aromatic N) is 3. The van der Waals surface area contributed by atoms with Crippen LogP contribution in [0.1, 0.15) is 11.1 Å². The lowest BCUT2D eigenvalue weighted by Crippen LogP contribution is -2.13. The fraction of sp³-hybridized carbons (Fsp3) is 0.0526. The number of anilines is 1. The number of hydrogen-bond donors (Lipinski definition) is 1. The molecule has 1 N–H and O–H groups in total. The van der Waals surface area contributed by atoms with Crippen molar-refractivity contribution in [2.75, 3.05) is 5.32 Å². The predicted molar refractivity (Wildman–Crippen MR) is 98.5 cm³/mol. The Morgan fingerprint density at radius 3 is 2.54 bits per heavy atom. The van der Waals surface area contributed by atoms with E-state index in [4.69, 9.17) is 0 Å². The van der Waals surface area contributed by atoms with Crippen molar-refractivity contribution in [1.29, 1.82) is 0 Å². The Morgan fingerprint density at radius 1 is 1.12 bits per heavy atom. The number of benzene rings is 2. The lowest BCUT2D eigenvalue weighted by atomic mass is 10.2.